The van der Waals surface area contributed by atoms with Gasteiger partial charge in [0, 0.05) is 19.9 Å². The van der Waals surface area contributed by atoms with Crippen LogP contribution in [0.3, 0.4) is 0 Å². The molecule has 1 rings (SSSR count). The van der Waals surface area contributed by atoms with E-state index in [2.05, 4.69) is 16.6 Å². The summed E-state index contributed by atoms with van der Waals surface area (Å²) in [4.78, 5) is 0. The third-order valence-corrected chi connectivity index (χ3v) is 2.61. The topological polar surface area (TPSA) is 50.1 Å². The van der Waals surface area contributed by atoms with E-state index in [0.29, 0.717) is 6.61 Å². The summed E-state index contributed by atoms with van der Waals surface area (Å²) in [5, 5.41) is 16.2. The van der Waals surface area contributed by atoms with Crippen LogP contribution in [0.4, 0.5) is 0 Å². The Morgan fingerprint density at radius 3 is 2.75 bits per heavy atom. The second-order valence-electron chi connectivity index (χ2n) is 4.16. The van der Waals surface area contributed by atoms with Gasteiger partial charge in [-0.2, -0.15) is 5.10 Å². The van der Waals surface area contributed by atoms with E-state index in [0.717, 1.165) is 32.4 Å². The highest BCUT2D eigenvalue weighted by molar-refractivity contribution is 5.03. The molecule has 2 N–H and O–H groups in total. The van der Waals surface area contributed by atoms with Crippen LogP contribution < -0.4 is 5.32 Å². The number of hydrogen-bond donors (Lipinski definition) is 2. The van der Waals surface area contributed by atoms with Crippen LogP contribution in [0.1, 0.15) is 31.2 Å². The normalized spacial score (nSPS) is 10.9. The quantitative estimate of drug-likeness (QED) is 0.619. The van der Waals surface area contributed by atoms with Gasteiger partial charge >= 0.3 is 0 Å². The van der Waals surface area contributed by atoms with Gasteiger partial charge in [0.05, 0.1) is 6.20 Å². The first kappa shape index (κ1) is 13.2. The predicted molar refractivity (Wildman–Crippen MR) is 65.3 cm³/mol. The number of hydrogen-bond acceptors (Lipinski definition) is 3. The Morgan fingerprint density at radius 1 is 1.25 bits per heavy atom. The first-order chi connectivity index (χ1) is 7.83. The molecule has 0 saturated carbocycles. The lowest BCUT2D eigenvalue weighted by Gasteiger charge is -2.03. The fourth-order valence-electron chi connectivity index (χ4n) is 1.67. The number of aliphatic hydroxyl groups is 1. The van der Waals surface area contributed by atoms with Crippen LogP contribution in [0.15, 0.2) is 12.4 Å². The molecule has 4 heteroatoms. The van der Waals surface area contributed by atoms with Gasteiger partial charge in [0.2, 0.25) is 0 Å². The average Bonchev–Trinajstić information content (AvgIpc) is 2.68. The van der Waals surface area contributed by atoms with E-state index >= 15 is 0 Å². The molecular weight excluding hydrogens is 202 g/mol. The first-order valence-electron chi connectivity index (χ1n) is 6.12. The molecule has 0 radical (unpaired) electrons. The Balaban J connectivity index is 1.88. The summed E-state index contributed by atoms with van der Waals surface area (Å²) in [6.45, 7) is 2.42. The summed E-state index contributed by atoms with van der Waals surface area (Å²) in [5.74, 6) is 0. The van der Waals surface area contributed by atoms with Crippen molar-refractivity contribution >= 4 is 0 Å². The fourth-order valence-corrected chi connectivity index (χ4v) is 1.67. The third kappa shape index (κ3) is 5.88. The summed E-state index contributed by atoms with van der Waals surface area (Å²) in [5.41, 5.74) is 1.29. The van der Waals surface area contributed by atoms with Crippen LogP contribution in [0.5, 0.6) is 0 Å². The van der Waals surface area contributed by atoms with E-state index < -0.39 is 0 Å². The van der Waals surface area contributed by atoms with Crippen molar-refractivity contribution in [1.29, 1.82) is 0 Å². The van der Waals surface area contributed by atoms with Crippen molar-refractivity contribution in [2.75, 3.05) is 19.7 Å². The van der Waals surface area contributed by atoms with E-state index in [1.165, 1.54) is 18.4 Å². The summed E-state index contributed by atoms with van der Waals surface area (Å²) in [6.07, 6.45) is 9.51. The number of nitrogens with zero attached hydrogens (tertiary/aromatic N) is 2. The number of aromatic nitrogens is 2. The summed E-state index contributed by atoms with van der Waals surface area (Å²) < 4.78 is 1.84. The second kappa shape index (κ2) is 8.30. The highest BCUT2D eigenvalue weighted by Crippen LogP contribution is 1.98. The van der Waals surface area contributed by atoms with Gasteiger partial charge in [0.15, 0.2) is 0 Å². The van der Waals surface area contributed by atoms with Crippen molar-refractivity contribution in [3.8, 4) is 0 Å². The molecule has 16 heavy (non-hydrogen) atoms. The minimum Gasteiger partial charge on any atom is -0.396 e. The summed E-state index contributed by atoms with van der Waals surface area (Å²) in [7, 11) is 1.94. The van der Waals surface area contributed by atoms with Gasteiger partial charge in [0.25, 0.3) is 0 Å². The van der Waals surface area contributed by atoms with Crippen LogP contribution in [0.2, 0.25) is 0 Å². The average molecular weight is 225 g/mol. The van der Waals surface area contributed by atoms with Gasteiger partial charge < -0.3 is 10.4 Å². The molecule has 1 aromatic heterocycles. The van der Waals surface area contributed by atoms with Gasteiger partial charge in [-0.05, 0) is 37.9 Å². The molecule has 4 nitrogen and oxygen atoms in total. The number of rotatable bonds is 9. The molecule has 0 spiro atoms. The van der Waals surface area contributed by atoms with Crippen molar-refractivity contribution in [3.05, 3.63) is 18.0 Å². The molecule has 0 fully saturated rings. The zero-order valence-electron chi connectivity index (χ0n) is 10.2. The van der Waals surface area contributed by atoms with Crippen molar-refractivity contribution in [1.82, 2.24) is 15.1 Å². The van der Waals surface area contributed by atoms with Crippen LogP contribution in [0.25, 0.3) is 0 Å². The van der Waals surface area contributed by atoms with Crippen LogP contribution in [-0.2, 0) is 13.5 Å². The number of nitrogens with one attached hydrogen (secondary N) is 1. The molecule has 92 valence electrons. The molecule has 1 heterocycles. The maximum Gasteiger partial charge on any atom is 0.0522 e. The van der Waals surface area contributed by atoms with E-state index in [1.54, 1.807) is 0 Å². The highest BCUT2D eigenvalue weighted by Gasteiger charge is 1.95. The molecule has 0 aliphatic rings. The zero-order valence-corrected chi connectivity index (χ0v) is 10.2. The van der Waals surface area contributed by atoms with E-state index in [-0.39, 0.29) is 0 Å². The monoisotopic (exact) mass is 225 g/mol. The van der Waals surface area contributed by atoms with Gasteiger partial charge in [-0.3, -0.25) is 4.68 Å². The van der Waals surface area contributed by atoms with Crippen molar-refractivity contribution in [2.24, 2.45) is 7.05 Å². The standard InChI is InChI=1S/C12H23N3O/c1-15-11-12(10-14-15)6-8-13-7-4-2-3-5-9-16/h10-11,13,16H,2-9H2,1H3. The largest absolute Gasteiger partial charge is 0.396 e. The molecule has 0 aliphatic heterocycles. The van der Waals surface area contributed by atoms with E-state index in [4.69, 9.17) is 5.11 Å². The van der Waals surface area contributed by atoms with Gasteiger partial charge in [-0.1, -0.05) is 12.8 Å². The minimum atomic E-state index is 0.328. The van der Waals surface area contributed by atoms with Gasteiger partial charge in [0.1, 0.15) is 0 Å². The molecule has 0 amide bonds. The smallest absolute Gasteiger partial charge is 0.0522 e. The molecule has 0 atom stereocenters. The van der Waals surface area contributed by atoms with E-state index in [9.17, 15) is 0 Å². The number of aryl methyl sites for hydroxylation is 1. The Bertz CT molecular complexity index is 273. The fraction of sp³-hybridized carbons (Fsp3) is 0.750. The number of aliphatic hydroxyl groups excluding tert-OH is 1. The lowest BCUT2D eigenvalue weighted by atomic mass is 10.2. The molecule has 1 aromatic rings. The molecule has 0 aliphatic carbocycles. The predicted octanol–water partition coefficient (Wildman–Crippen LogP) is 1.10. The Morgan fingerprint density at radius 2 is 2.06 bits per heavy atom. The Hall–Kier alpha value is -0.870. The van der Waals surface area contributed by atoms with Crippen molar-refractivity contribution in [3.63, 3.8) is 0 Å². The lowest BCUT2D eigenvalue weighted by molar-refractivity contribution is 0.282. The van der Waals surface area contributed by atoms with Crippen LogP contribution in [-0.4, -0.2) is 34.6 Å². The van der Waals surface area contributed by atoms with Gasteiger partial charge in [-0.25, -0.2) is 0 Å². The molecule has 0 unspecified atom stereocenters. The van der Waals surface area contributed by atoms with Crippen molar-refractivity contribution in [2.45, 2.75) is 32.1 Å². The SMILES string of the molecule is Cn1cc(CCNCCCCCCO)cn1. The second-order valence-corrected chi connectivity index (χ2v) is 4.16. The van der Waals surface area contributed by atoms with Crippen molar-refractivity contribution < 1.29 is 5.11 Å². The molecular formula is C12H23N3O. The molecule has 0 saturated heterocycles. The number of unbranched alkanes of at least 4 members (excludes halogenated alkanes) is 3. The summed E-state index contributed by atoms with van der Waals surface area (Å²) >= 11 is 0. The Labute approximate surface area is 97.7 Å². The minimum absolute atomic E-state index is 0.328. The zero-order chi connectivity index (χ0) is 11.6. The molecule has 0 bridgehead atoms. The van der Waals surface area contributed by atoms with Gasteiger partial charge in [-0.15, -0.1) is 0 Å². The maximum absolute atomic E-state index is 8.61. The summed E-state index contributed by atoms with van der Waals surface area (Å²) in [6, 6.07) is 0. The third-order valence-electron chi connectivity index (χ3n) is 2.61. The maximum atomic E-state index is 8.61. The first-order valence-corrected chi connectivity index (χ1v) is 6.12. The van der Waals surface area contributed by atoms with Crippen LogP contribution >= 0.6 is 0 Å². The lowest BCUT2D eigenvalue weighted by Crippen LogP contribution is -2.18. The Kier molecular flexibility index (Phi) is 6.85. The highest BCUT2D eigenvalue weighted by atomic mass is 16.2. The van der Waals surface area contributed by atoms with E-state index in [1.807, 2.05) is 17.9 Å². The molecule has 0 aromatic carbocycles. The van der Waals surface area contributed by atoms with Crippen LogP contribution in [0, 0.1) is 0 Å².